The van der Waals surface area contributed by atoms with Crippen molar-refractivity contribution >= 4 is 9.84 Å². The Labute approximate surface area is 120 Å². The highest BCUT2D eigenvalue weighted by atomic mass is 32.2. The molecule has 0 radical (unpaired) electrons. The van der Waals surface area contributed by atoms with Crippen LogP contribution >= 0.6 is 0 Å². The molecule has 1 aromatic rings. The van der Waals surface area contributed by atoms with Gasteiger partial charge in [0, 0.05) is 18.8 Å². The molecule has 1 aliphatic rings. The van der Waals surface area contributed by atoms with Crippen LogP contribution in [0.3, 0.4) is 0 Å². The highest BCUT2D eigenvalue weighted by molar-refractivity contribution is 7.92. The van der Waals surface area contributed by atoms with Gasteiger partial charge in [-0.2, -0.15) is 0 Å². The molecule has 1 fully saturated rings. The summed E-state index contributed by atoms with van der Waals surface area (Å²) >= 11 is 0. The SMILES string of the molecule is CCS(=O)(=O)[C@H]1[C@H](c2ccc(OC)cc2)[C@@]1(N)COC. The van der Waals surface area contributed by atoms with E-state index in [0.29, 0.717) is 0 Å². The minimum Gasteiger partial charge on any atom is -0.497 e. The first kappa shape index (κ1) is 15.3. The Morgan fingerprint density at radius 2 is 1.85 bits per heavy atom. The van der Waals surface area contributed by atoms with E-state index in [1.54, 1.807) is 14.0 Å². The second-order valence-corrected chi connectivity index (χ2v) is 7.58. The van der Waals surface area contributed by atoms with Gasteiger partial charge in [-0.3, -0.25) is 0 Å². The predicted molar refractivity (Wildman–Crippen MR) is 77.8 cm³/mol. The smallest absolute Gasteiger partial charge is 0.155 e. The van der Waals surface area contributed by atoms with Crippen LogP contribution in [0.1, 0.15) is 18.4 Å². The molecule has 1 aliphatic carbocycles. The van der Waals surface area contributed by atoms with E-state index in [-0.39, 0.29) is 18.3 Å². The Hall–Kier alpha value is -1.11. The van der Waals surface area contributed by atoms with Crippen LogP contribution in [-0.4, -0.2) is 45.8 Å². The molecule has 0 bridgehead atoms. The zero-order chi connectivity index (χ0) is 15.0. The number of hydrogen-bond acceptors (Lipinski definition) is 5. The van der Waals surface area contributed by atoms with E-state index in [1.807, 2.05) is 24.3 Å². The van der Waals surface area contributed by atoms with Crippen molar-refractivity contribution in [2.24, 2.45) is 5.73 Å². The third-order valence-electron chi connectivity index (χ3n) is 3.96. The Morgan fingerprint density at radius 1 is 1.25 bits per heavy atom. The third-order valence-corrected chi connectivity index (χ3v) is 6.25. The van der Waals surface area contributed by atoms with Crippen molar-refractivity contribution in [3.05, 3.63) is 29.8 Å². The van der Waals surface area contributed by atoms with E-state index < -0.39 is 20.6 Å². The first-order valence-electron chi connectivity index (χ1n) is 6.54. The van der Waals surface area contributed by atoms with Gasteiger partial charge in [0.15, 0.2) is 9.84 Å². The topological polar surface area (TPSA) is 78.6 Å². The number of methoxy groups -OCH3 is 2. The van der Waals surface area contributed by atoms with Crippen molar-refractivity contribution in [3.8, 4) is 5.75 Å². The van der Waals surface area contributed by atoms with Gasteiger partial charge in [-0.05, 0) is 17.7 Å². The van der Waals surface area contributed by atoms with Crippen LogP contribution in [-0.2, 0) is 14.6 Å². The van der Waals surface area contributed by atoms with Gasteiger partial charge in [0.1, 0.15) is 5.75 Å². The molecule has 1 aromatic carbocycles. The number of hydrogen-bond donors (Lipinski definition) is 1. The Bertz CT molecular complexity index is 569. The molecule has 20 heavy (non-hydrogen) atoms. The van der Waals surface area contributed by atoms with Gasteiger partial charge in [0.2, 0.25) is 0 Å². The van der Waals surface area contributed by atoms with Crippen LogP contribution in [0.4, 0.5) is 0 Å². The summed E-state index contributed by atoms with van der Waals surface area (Å²) in [5, 5.41) is -0.576. The Balaban J connectivity index is 2.33. The van der Waals surface area contributed by atoms with Crippen molar-refractivity contribution in [2.75, 3.05) is 26.6 Å². The van der Waals surface area contributed by atoms with Gasteiger partial charge in [0.05, 0.1) is 24.5 Å². The normalized spacial score (nSPS) is 29.2. The van der Waals surface area contributed by atoms with Crippen molar-refractivity contribution < 1.29 is 17.9 Å². The number of nitrogens with two attached hydrogens (primary N) is 1. The molecular formula is C14H21NO4S. The van der Waals surface area contributed by atoms with Crippen LogP contribution in [0.25, 0.3) is 0 Å². The highest BCUT2D eigenvalue weighted by Gasteiger charge is 2.68. The summed E-state index contributed by atoms with van der Waals surface area (Å²) in [7, 11) is -0.0768. The molecule has 1 saturated carbocycles. The molecule has 2 rings (SSSR count). The predicted octanol–water partition coefficient (Wildman–Crippen LogP) is 0.940. The molecule has 0 saturated heterocycles. The number of sulfone groups is 1. The molecule has 0 heterocycles. The summed E-state index contributed by atoms with van der Waals surface area (Å²) in [6.07, 6.45) is 0. The lowest BCUT2D eigenvalue weighted by Gasteiger charge is -2.10. The van der Waals surface area contributed by atoms with Gasteiger partial charge < -0.3 is 15.2 Å². The lowest BCUT2D eigenvalue weighted by atomic mass is 10.1. The molecule has 0 unspecified atom stereocenters. The largest absolute Gasteiger partial charge is 0.497 e. The molecule has 0 aliphatic heterocycles. The molecule has 3 atom stereocenters. The van der Waals surface area contributed by atoms with Gasteiger partial charge in [-0.25, -0.2) is 8.42 Å². The fourth-order valence-corrected chi connectivity index (χ4v) is 4.85. The number of ether oxygens (including phenoxy) is 2. The number of rotatable bonds is 6. The lowest BCUT2D eigenvalue weighted by Crippen LogP contribution is -2.36. The van der Waals surface area contributed by atoms with Crippen molar-refractivity contribution in [1.82, 2.24) is 0 Å². The highest BCUT2D eigenvalue weighted by Crippen LogP contribution is 2.54. The molecule has 0 aromatic heterocycles. The van der Waals surface area contributed by atoms with Crippen LogP contribution in [0.15, 0.2) is 24.3 Å². The molecule has 2 N–H and O–H groups in total. The molecule has 5 nitrogen and oxygen atoms in total. The fourth-order valence-electron chi connectivity index (χ4n) is 2.86. The zero-order valence-electron chi connectivity index (χ0n) is 12.0. The quantitative estimate of drug-likeness (QED) is 0.845. The molecule has 112 valence electrons. The first-order valence-corrected chi connectivity index (χ1v) is 8.25. The van der Waals surface area contributed by atoms with Crippen LogP contribution < -0.4 is 10.5 Å². The first-order chi connectivity index (χ1) is 9.40. The second kappa shape index (κ2) is 5.35. The van der Waals surface area contributed by atoms with E-state index >= 15 is 0 Å². The summed E-state index contributed by atoms with van der Waals surface area (Å²) in [6, 6.07) is 7.37. The fraction of sp³-hybridized carbons (Fsp3) is 0.571. The van der Waals surface area contributed by atoms with E-state index in [4.69, 9.17) is 15.2 Å². The Morgan fingerprint density at radius 3 is 2.30 bits per heavy atom. The number of benzene rings is 1. The maximum Gasteiger partial charge on any atom is 0.155 e. The monoisotopic (exact) mass is 299 g/mol. The molecular weight excluding hydrogens is 278 g/mol. The minimum absolute atomic E-state index is 0.0903. The lowest BCUT2D eigenvalue weighted by molar-refractivity contribution is 0.171. The van der Waals surface area contributed by atoms with Crippen molar-refractivity contribution in [2.45, 2.75) is 23.6 Å². The summed E-state index contributed by atoms with van der Waals surface area (Å²) in [4.78, 5) is 0. The third kappa shape index (κ3) is 2.43. The van der Waals surface area contributed by atoms with Crippen molar-refractivity contribution in [1.29, 1.82) is 0 Å². The van der Waals surface area contributed by atoms with Crippen LogP contribution in [0.2, 0.25) is 0 Å². The van der Waals surface area contributed by atoms with Gasteiger partial charge in [0.25, 0.3) is 0 Å². The summed E-state index contributed by atoms with van der Waals surface area (Å²) in [6.45, 7) is 1.87. The average molecular weight is 299 g/mol. The van der Waals surface area contributed by atoms with E-state index in [1.165, 1.54) is 7.11 Å². The van der Waals surface area contributed by atoms with Gasteiger partial charge in [-0.15, -0.1) is 0 Å². The maximum atomic E-state index is 12.2. The standard InChI is InChI=1S/C14H21NO4S/c1-4-20(16,17)13-12(14(13,15)9-18-2)10-5-7-11(19-3)8-6-10/h5-8,12-13H,4,9,15H2,1-3H3/t12-,13-,14-/m0/s1. The summed E-state index contributed by atoms with van der Waals surface area (Å²) < 4.78 is 34.6. The van der Waals surface area contributed by atoms with Crippen LogP contribution in [0.5, 0.6) is 5.75 Å². The molecule has 6 heteroatoms. The second-order valence-electron chi connectivity index (χ2n) is 5.17. The summed E-state index contributed by atoms with van der Waals surface area (Å²) in [5.74, 6) is 0.601. The summed E-state index contributed by atoms with van der Waals surface area (Å²) in [5.41, 5.74) is 6.35. The van der Waals surface area contributed by atoms with Gasteiger partial charge >= 0.3 is 0 Å². The Kier molecular flexibility index (Phi) is 4.09. The van der Waals surface area contributed by atoms with Gasteiger partial charge in [-0.1, -0.05) is 19.1 Å². The molecule has 0 amide bonds. The zero-order valence-corrected chi connectivity index (χ0v) is 12.8. The van der Waals surface area contributed by atoms with E-state index in [2.05, 4.69) is 0 Å². The van der Waals surface area contributed by atoms with Crippen LogP contribution in [0, 0.1) is 0 Å². The maximum absolute atomic E-state index is 12.2. The average Bonchev–Trinajstić information content (AvgIpc) is 3.06. The minimum atomic E-state index is -3.20. The van der Waals surface area contributed by atoms with Crippen molar-refractivity contribution in [3.63, 3.8) is 0 Å². The van der Waals surface area contributed by atoms with E-state index in [0.717, 1.165) is 11.3 Å². The van der Waals surface area contributed by atoms with E-state index in [9.17, 15) is 8.42 Å². The molecule has 0 spiro atoms.